The van der Waals surface area contributed by atoms with E-state index in [0.717, 1.165) is 14.4 Å². The molecule has 0 bridgehead atoms. The molecule has 2 fully saturated rings. The van der Waals surface area contributed by atoms with Gasteiger partial charge >= 0.3 is 119 Å². The summed E-state index contributed by atoms with van der Waals surface area (Å²) < 4.78 is 1.99. The third-order valence-electron chi connectivity index (χ3n) is 2.22. The van der Waals surface area contributed by atoms with Gasteiger partial charge < -0.3 is 0 Å². The van der Waals surface area contributed by atoms with Gasteiger partial charge in [-0.1, -0.05) is 0 Å². The molecule has 2 aliphatic heterocycles. The van der Waals surface area contributed by atoms with Crippen molar-refractivity contribution in [2.24, 2.45) is 0 Å². The van der Waals surface area contributed by atoms with Crippen molar-refractivity contribution in [1.29, 1.82) is 0 Å². The van der Waals surface area contributed by atoms with E-state index >= 15 is 0 Å². The Labute approximate surface area is 117 Å². The Kier molecular flexibility index (Phi) is 6.72. The Morgan fingerprint density at radius 2 is 1.53 bits per heavy atom. The van der Waals surface area contributed by atoms with Crippen LogP contribution in [0.4, 0.5) is 0 Å². The Bertz CT molecular complexity index is 177. The molecule has 0 aromatic heterocycles. The van der Waals surface area contributed by atoms with E-state index < -0.39 is 15.6 Å². The third-order valence-corrected chi connectivity index (χ3v) is 40.9. The van der Waals surface area contributed by atoms with Crippen molar-refractivity contribution < 1.29 is 0 Å². The minimum atomic E-state index is -1.35. The van der Waals surface area contributed by atoms with E-state index in [4.69, 9.17) is 0 Å². The van der Waals surface area contributed by atoms with Gasteiger partial charge in [-0.15, -0.1) is 0 Å². The van der Waals surface area contributed by atoms with Crippen molar-refractivity contribution in [2.75, 3.05) is 11.5 Å². The first-order chi connectivity index (χ1) is 7.24. The van der Waals surface area contributed by atoms with Crippen molar-refractivity contribution >= 4 is 66.0 Å². The first kappa shape index (κ1) is 14.0. The molecule has 0 nitrogen and oxygen atoms in total. The summed E-state index contributed by atoms with van der Waals surface area (Å²) in [5.41, 5.74) is 0. The standard InChI is InChI=1S/2C3H6S2.C3H8S.Sn.H/c2*4-3-1-2-5-3;1-3(2)4;;/h2*3-4H,1-2H2;3-4H,1-2H3;;/q;;;+3;/p-3. The van der Waals surface area contributed by atoms with Gasteiger partial charge in [0.15, 0.2) is 0 Å². The van der Waals surface area contributed by atoms with Crippen molar-refractivity contribution in [3.63, 3.8) is 0 Å². The van der Waals surface area contributed by atoms with Crippen molar-refractivity contribution in [3.8, 4) is 0 Å². The van der Waals surface area contributed by atoms with E-state index in [1.807, 2.05) is 0 Å². The van der Waals surface area contributed by atoms with Crippen LogP contribution < -0.4 is 0 Å². The molecule has 2 saturated heterocycles. The van der Waals surface area contributed by atoms with Crippen LogP contribution in [0.25, 0.3) is 0 Å². The van der Waals surface area contributed by atoms with Gasteiger partial charge in [0, 0.05) is 0 Å². The van der Waals surface area contributed by atoms with E-state index in [9.17, 15) is 0 Å². The average molecular weight is 405 g/mol. The normalized spacial score (nSPS) is 32.2. The summed E-state index contributed by atoms with van der Waals surface area (Å²) in [6.45, 7) is 4.75. The fraction of sp³-hybridized carbons (Fsp3) is 1.00. The molecule has 6 heteroatoms. The number of rotatable bonds is 6. The second-order valence-electron chi connectivity index (χ2n) is 3.92. The quantitative estimate of drug-likeness (QED) is 0.605. The third kappa shape index (κ3) is 4.97. The molecule has 0 aromatic carbocycles. The summed E-state index contributed by atoms with van der Waals surface area (Å²) in [5, 5.41) is 0.862. The molecule has 0 aliphatic carbocycles. The Morgan fingerprint density at radius 1 is 1.07 bits per heavy atom. The monoisotopic (exact) mass is 406 g/mol. The zero-order valence-corrected chi connectivity index (χ0v) is 16.6. The summed E-state index contributed by atoms with van der Waals surface area (Å²) in [5.74, 6) is 2.84. The van der Waals surface area contributed by atoms with Crippen LogP contribution in [0.3, 0.4) is 0 Å². The summed E-state index contributed by atoms with van der Waals surface area (Å²) in [7, 11) is 7.21. The van der Waals surface area contributed by atoms with Crippen molar-refractivity contribution in [3.05, 3.63) is 0 Å². The first-order valence-corrected chi connectivity index (χ1v) is 22.5. The molecule has 88 valence electrons. The van der Waals surface area contributed by atoms with E-state index in [2.05, 4.69) is 64.2 Å². The van der Waals surface area contributed by atoms with Crippen LogP contribution in [0.1, 0.15) is 26.7 Å². The van der Waals surface area contributed by atoms with Crippen LogP contribution in [0.2, 0.25) is 0 Å². The van der Waals surface area contributed by atoms with E-state index in [0.29, 0.717) is 0 Å². The molecule has 0 spiro atoms. The molecular weight excluding hydrogens is 387 g/mol. The van der Waals surface area contributed by atoms with E-state index in [-0.39, 0.29) is 0 Å². The molecule has 2 heterocycles. The molecule has 2 rings (SSSR count). The maximum absolute atomic E-state index is 2.42. The molecule has 0 aromatic rings. The molecule has 2 aliphatic rings. The predicted octanol–water partition coefficient (Wildman–Crippen LogP) is 4.24. The topological polar surface area (TPSA) is 0 Å². The van der Waals surface area contributed by atoms with Crippen LogP contribution in [0.5, 0.6) is 0 Å². The summed E-state index contributed by atoms with van der Waals surface area (Å²) in [4.78, 5) is 0. The zero-order valence-electron chi connectivity index (χ0n) is 9.18. The fourth-order valence-corrected chi connectivity index (χ4v) is 55.1. The molecular formula is C9H18S5Sn. The van der Waals surface area contributed by atoms with Gasteiger partial charge in [-0.05, 0) is 0 Å². The zero-order chi connectivity index (χ0) is 10.7. The van der Waals surface area contributed by atoms with Gasteiger partial charge in [-0.3, -0.25) is 0 Å². The van der Waals surface area contributed by atoms with Gasteiger partial charge in [-0.2, -0.15) is 0 Å². The fourth-order valence-electron chi connectivity index (χ4n) is 1.21. The van der Waals surface area contributed by atoms with E-state index in [1.54, 1.807) is 0 Å². The Hall–Kier alpha value is 2.55. The van der Waals surface area contributed by atoms with Crippen LogP contribution in [-0.2, 0) is 0 Å². The van der Waals surface area contributed by atoms with Crippen molar-refractivity contribution in [2.45, 2.75) is 41.1 Å². The summed E-state index contributed by atoms with van der Waals surface area (Å²) >= 11 is 3.04. The predicted molar refractivity (Wildman–Crippen MR) is 86.8 cm³/mol. The van der Waals surface area contributed by atoms with Gasteiger partial charge in [-0.25, -0.2) is 0 Å². The number of hydrogen-bond donors (Lipinski definition) is 0. The van der Waals surface area contributed by atoms with Gasteiger partial charge in [0.1, 0.15) is 0 Å². The van der Waals surface area contributed by atoms with Crippen LogP contribution in [-0.4, -0.2) is 41.5 Å². The van der Waals surface area contributed by atoms with Gasteiger partial charge in [0.05, 0.1) is 0 Å². The van der Waals surface area contributed by atoms with Crippen LogP contribution in [0, 0.1) is 0 Å². The molecule has 0 saturated carbocycles. The SMILES string of the molecule is CC(C)[S][SnH]([S]C1CCS1)[S]C1CCS1. The van der Waals surface area contributed by atoms with Crippen LogP contribution >= 0.6 is 50.4 Å². The Balaban J connectivity index is 1.72. The van der Waals surface area contributed by atoms with Crippen LogP contribution in [0.15, 0.2) is 0 Å². The summed E-state index contributed by atoms with van der Waals surface area (Å²) in [6.07, 6.45) is 2.97. The molecule has 2 atom stereocenters. The Morgan fingerprint density at radius 3 is 1.80 bits per heavy atom. The number of hydrogen-bond acceptors (Lipinski definition) is 5. The molecule has 0 N–H and O–H groups in total. The van der Waals surface area contributed by atoms with Gasteiger partial charge in [0.2, 0.25) is 0 Å². The number of thioether (sulfide) groups is 2. The average Bonchev–Trinajstić information content (AvgIpc) is 2.02. The minimum absolute atomic E-state index is 0.862. The van der Waals surface area contributed by atoms with E-state index in [1.165, 1.54) is 24.3 Å². The van der Waals surface area contributed by atoms with Crippen molar-refractivity contribution in [1.82, 2.24) is 0 Å². The second-order valence-corrected chi connectivity index (χ2v) is 34.2. The second kappa shape index (κ2) is 7.21. The molecule has 0 amide bonds. The first-order valence-electron chi connectivity index (χ1n) is 5.43. The maximum atomic E-state index is 2.42. The molecule has 15 heavy (non-hydrogen) atoms. The summed E-state index contributed by atoms with van der Waals surface area (Å²) in [6, 6.07) is 0. The molecule has 2 unspecified atom stereocenters. The molecule has 0 radical (unpaired) electrons. The van der Waals surface area contributed by atoms with Gasteiger partial charge in [0.25, 0.3) is 0 Å².